The molecule has 0 fully saturated rings. The van der Waals surface area contributed by atoms with Crippen LogP contribution in [0, 0.1) is 0 Å². The first kappa shape index (κ1) is 14.4. The lowest BCUT2D eigenvalue weighted by Crippen LogP contribution is -2.60. The van der Waals surface area contributed by atoms with Crippen molar-refractivity contribution in [2.45, 2.75) is 46.2 Å². The number of carbonyl (C=O) groups is 1. The molecule has 3 N–H and O–H groups in total. The van der Waals surface area contributed by atoms with E-state index in [9.17, 15) is 4.79 Å². The molecule has 0 aliphatic carbocycles. The maximum absolute atomic E-state index is 11.4. The molecule has 0 aromatic carbocycles. The fourth-order valence-corrected chi connectivity index (χ4v) is 1.68. The number of carbonyl (C=O) groups excluding carboxylic acids is 1. The summed E-state index contributed by atoms with van der Waals surface area (Å²) in [5.41, 5.74) is 4.80. The fraction of sp³-hybridized carbons (Fsp3) is 0.909. The van der Waals surface area contributed by atoms with Gasteiger partial charge in [-0.25, -0.2) is 0 Å². The molecule has 0 saturated carbocycles. The number of rotatable bonds is 7. The van der Waals surface area contributed by atoms with Crippen LogP contribution in [0.3, 0.4) is 0 Å². The van der Waals surface area contributed by atoms with Crippen LogP contribution in [-0.2, 0) is 4.79 Å². The van der Waals surface area contributed by atoms with Crippen molar-refractivity contribution >= 4 is 5.91 Å². The van der Waals surface area contributed by atoms with E-state index in [0.717, 1.165) is 13.1 Å². The molecule has 0 bridgehead atoms. The number of hydrogen-bond donors (Lipinski definition) is 2. The summed E-state index contributed by atoms with van der Waals surface area (Å²) in [6.07, 6.45) is 0. The Morgan fingerprint density at radius 3 is 2.27 bits per heavy atom. The monoisotopic (exact) mass is 215 g/mol. The summed E-state index contributed by atoms with van der Waals surface area (Å²) in [5, 5.41) is 3.16. The Hall–Kier alpha value is -0.610. The van der Waals surface area contributed by atoms with Crippen molar-refractivity contribution in [3.8, 4) is 0 Å². The third kappa shape index (κ3) is 4.18. The van der Waals surface area contributed by atoms with E-state index in [4.69, 9.17) is 5.73 Å². The predicted octanol–water partition coefficient (Wildman–Crippen LogP) is 0.570. The Morgan fingerprint density at radius 2 is 2.00 bits per heavy atom. The number of hydrogen-bond acceptors (Lipinski definition) is 3. The Labute approximate surface area is 93.2 Å². The van der Waals surface area contributed by atoms with Crippen molar-refractivity contribution in [1.29, 1.82) is 0 Å². The van der Waals surface area contributed by atoms with Gasteiger partial charge in [-0.1, -0.05) is 13.8 Å². The summed E-state index contributed by atoms with van der Waals surface area (Å²) in [5.74, 6) is -0.288. The minimum absolute atomic E-state index is 0.288. The van der Waals surface area contributed by atoms with E-state index in [1.807, 2.05) is 13.8 Å². The quantitative estimate of drug-likeness (QED) is 0.653. The summed E-state index contributed by atoms with van der Waals surface area (Å²) < 4.78 is 0. The van der Waals surface area contributed by atoms with Gasteiger partial charge in [-0.05, 0) is 33.9 Å². The topological polar surface area (TPSA) is 58.4 Å². The van der Waals surface area contributed by atoms with Crippen molar-refractivity contribution in [1.82, 2.24) is 10.2 Å². The van der Waals surface area contributed by atoms with Crippen molar-refractivity contribution in [2.75, 3.05) is 19.6 Å². The highest BCUT2D eigenvalue weighted by molar-refractivity contribution is 5.84. The summed E-state index contributed by atoms with van der Waals surface area (Å²) in [6.45, 7) is 12.5. The highest BCUT2D eigenvalue weighted by atomic mass is 16.1. The molecule has 0 radical (unpaired) electrons. The molecule has 15 heavy (non-hydrogen) atoms. The summed E-state index contributed by atoms with van der Waals surface area (Å²) >= 11 is 0. The van der Waals surface area contributed by atoms with Crippen molar-refractivity contribution in [2.24, 2.45) is 5.73 Å². The van der Waals surface area contributed by atoms with Crippen LogP contribution in [0.5, 0.6) is 0 Å². The first-order valence-electron chi connectivity index (χ1n) is 5.66. The third-order valence-electron chi connectivity index (χ3n) is 2.77. The molecule has 4 heteroatoms. The van der Waals surface area contributed by atoms with E-state index >= 15 is 0 Å². The molecule has 1 atom stereocenters. The van der Waals surface area contributed by atoms with Gasteiger partial charge in [0.15, 0.2) is 0 Å². The van der Waals surface area contributed by atoms with Crippen LogP contribution in [-0.4, -0.2) is 42.0 Å². The Bertz CT molecular complexity index is 206. The first-order valence-corrected chi connectivity index (χ1v) is 5.66. The number of nitrogens with zero attached hydrogens (tertiary/aromatic N) is 1. The number of amides is 1. The second-order valence-corrected chi connectivity index (χ2v) is 4.38. The van der Waals surface area contributed by atoms with Crippen LogP contribution < -0.4 is 11.1 Å². The molecule has 0 aliphatic heterocycles. The minimum atomic E-state index is -0.630. The van der Waals surface area contributed by atoms with E-state index in [1.54, 1.807) is 0 Å². The highest BCUT2D eigenvalue weighted by Crippen LogP contribution is 2.09. The van der Waals surface area contributed by atoms with E-state index < -0.39 is 5.54 Å². The summed E-state index contributed by atoms with van der Waals surface area (Å²) in [4.78, 5) is 13.6. The summed E-state index contributed by atoms with van der Waals surface area (Å²) in [6, 6.07) is 0.423. The lowest BCUT2D eigenvalue weighted by atomic mass is 10.00. The average molecular weight is 215 g/mol. The molecule has 0 aromatic rings. The van der Waals surface area contributed by atoms with Gasteiger partial charge < -0.3 is 11.1 Å². The van der Waals surface area contributed by atoms with Crippen LogP contribution in [0.2, 0.25) is 0 Å². The highest BCUT2D eigenvalue weighted by Gasteiger charge is 2.32. The standard InChI is InChI=1S/C11H25N3O/c1-6-13-11(5,10(12)15)8-14(7-2)9(3)4/h9,13H,6-8H2,1-5H3,(H2,12,15). The van der Waals surface area contributed by atoms with Gasteiger partial charge >= 0.3 is 0 Å². The minimum Gasteiger partial charge on any atom is -0.368 e. The van der Waals surface area contributed by atoms with E-state index in [1.165, 1.54) is 0 Å². The molecule has 0 aromatic heterocycles. The van der Waals surface area contributed by atoms with Gasteiger partial charge in [0.2, 0.25) is 5.91 Å². The smallest absolute Gasteiger partial charge is 0.238 e. The van der Waals surface area contributed by atoms with Gasteiger partial charge in [-0.15, -0.1) is 0 Å². The largest absolute Gasteiger partial charge is 0.368 e. The van der Waals surface area contributed by atoms with Crippen molar-refractivity contribution in [3.63, 3.8) is 0 Å². The molecule has 0 rings (SSSR count). The average Bonchev–Trinajstić information content (AvgIpc) is 2.14. The maximum atomic E-state index is 11.4. The van der Waals surface area contributed by atoms with Crippen LogP contribution in [0.25, 0.3) is 0 Å². The maximum Gasteiger partial charge on any atom is 0.238 e. The van der Waals surface area contributed by atoms with Crippen LogP contribution >= 0.6 is 0 Å². The van der Waals surface area contributed by atoms with Gasteiger partial charge in [0.25, 0.3) is 0 Å². The summed E-state index contributed by atoms with van der Waals surface area (Å²) in [7, 11) is 0. The zero-order chi connectivity index (χ0) is 12.1. The van der Waals surface area contributed by atoms with E-state index in [2.05, 4.69) is 31.0 Å². The van der Waals surface area contributed by atoms with Crippen molar-refractivity contribution in [3.05, 3.63) is 0 Å². The zero-order valence-corrected chi connectivity index (χ0v) is 10.6. The SMILES string of the molecule is CCNC(C)(CN(CC)C(C)C)C(N)=O. The Balaban J connectivity index is 4.58. The molecule has 90 valence electrons. The molecular weight excluding hydrogens is 190 g/mol. The molecule has 4 nitrogen and oxygen atoms in total. The number of nitrogens with two attached hydrogens (primary N) is 1. The second kappa shape index (κ2) is 6.08. The Kier molecular flexibility index (Phi) is 5.83. The second-order valence-electron chi connectivity index (χ2n) is 4.38. The molecule has 0 heterocycles. The lowest BCUT2D eigenvalue weighted by Gasteiger charge is -2.35. The molecule has 0 aliphatic rings. The van der Waals surface area contributed by atoms with Gasteiger partial charge in [0, 0.05) is 12.6 Å². The zero-order valence-electron chi connectivity index (χ0n) is 10.6. The van der Waals surface area contributed by atoms with Crippen molar-refractivity contribution < 1.29 is 4.79 Å². The van der Waals surface area contributed by atoms with Crippen LogP contribution in [0.15, 0.2) is 0 Å². The predicted molar refractivity (Wildman–Crippen MR) is 63.7 cm³/mol. The van der Waals surface area contributed by atoms with E-state index in [-0.39, 0.29) is 5.91 Å². The number of nitrogens with one attached hydrogen (secondary N) is 1. The molecule has 1 unspecified atom stereocenters. The molecule has 0 saturated heterocycles. The fourth-order valence-electron chi connectivity index (χ4n) is 1.68. The number of primary amides is 1. The number of likely N-dealkylation sites (N-methyl/N-ethyl adjacent to an activating group) is 2. The van der Waals surface area contributed by atoms with Gasteiger partial charge in [0.05, 0.1) is 0 Å². The van der Waals surface area contributed by atoms with Crippen LogP contribution in [0.1, 0.15) is 34.6 Å². The van der Waals surface area contributed by atoms with Gasteiger partial charge in [-0.3, -0.25) is 9.69 Å². The van der Waals surface area contributed by atoms with Gasteiger partial charge in [-0.2, -0.15) is 0 Å². The molecular formula is C11H25N3O. The first-order chi connectivity index (χ1) is 6.87. The molecule has 1 amide bonds. The Morgan fingerprint density at radius 1 is 1.47 bits per heavy atom. The van der Waals surface area contributed by atoms with Crippen LogP contribution in [0.4, 0.5) is 0 Å². The lowest BCUT2D eigenvalue weighted by molar-refractivity contribution is -0.124. The normalized spacial score (nSPS) is 15.7. The molecule has 0 spiro atoms. The van der Waals surface area contributed by atoms with Gasteiger partial charge in [0.1, 0.15) is 5.54 Å². The van der Waals surface area contributed by atoms with E-state index in [0.29, 0.717) is 12.6 Å². The third-order valence-corrected chi connectivity index (χ3v) is 2.77.